The number of hydrogen-bond acceptors (Lipinski definition) is 4. The van der Waals surface area contributed by atoms with Crippen LogP contribution in [0.15, 0.2) is 18.2 Å². The lowest BCUT2D eigenvalue weighted by Crippen LogP contribution is -2.55. The predicted octanol–water partition coefficient (Wildman–Crippen LogP) is 3.18. The van der Waals surface area contributed by atoms with Crippen molar-refractivity contribution in [1.82, 2.24) is 4.72 Å². The van der Waals surface area contributed by atoms with E-state index in [0.717, 1.165) is 31.2 Å². The summed E-state index contributed by atoms with van der Waals surface area (Å²) < 4.78 is 38.6. The fraction of sp³-hybridized carbons (Fsp3) is 0.647. The Balaban J connectivity index is 1.57. The Hall–Kier alpha value is -0.370. The van der Waals surface area contributed by atoms with Crippen molar-refractivity contribution >= 4 is 33.2 Å². The van der Waals surface area contributed by atoms with Crippen LogP contribution in [0.3, 0.4) is 0 Å². The van der Waals surface area contributed by atoms with Gasteiger partial charge in [0.25, 0.3) is 0 Å². The lowest BCUT2D eigenvalue weighted by molar-refractivity contribution is 0.0517. The van der Waals surface area contributed by atoms with Crippen molar-refractivity contribution in [2.75, 3.05) is 25.6 Å². The van der Waals surface area contributed by atoms with Crippen molar-refractivity contribution in [3.8, 4) is 0 Å². The summed E-state index contributed by atoms with van der Waals surface area (Å²) in [5.74, 6) is -0.0421. The van der Waals surface area contributed by atoms with Crippen molar-refractivity contribution < 1.29 is 17.9 Å². The maximum atomic E-state index is 12.5. The standard InChI is InChI=1S/C17H23Cl2NO4S/c18-14-3-2-13(16(19)10-14)11-17(5-1-6-17)20-25(21,22)9-8-24-15-4-7-23-12-15/h2-3,10,15,20H,1,4-9,11-12H2. The van der Waals surface area contributed by atoms with E-state index in [-0.39, 0.29) is 18.5 Å². The van der Waals surface area contributed by atoms with Gasteiger partial charge in [-0.05, 0) is 49.8 Å². The summed E-state index contributed by atoms with van der Waals surface area (Å²) in [6, 6.07) is 5.33. The minimum Gasteiger partial charge on any atom is -0.379 e. The van der Waals surface area contributed by atoms with E-state index in [0.29, 0.717) is 29.7 Å². The second-order valence-corrected chi connectivity index (χ2v) is 9.51. The van der Waals surface area contributed by atoms with Crippen molar-refractivity contribution in [3.05, 3.63) is 33.8 Å². The molecule has 0 aromatic heterocycles. The molecular formula is C17H23Cl2NO4S. The molecule has 1 aliphatic carbocycles. The fourth-order valence-corrected chi connectivity index (χ4v) is 5.13. The van der Waals surface area contributed by atoms with E-state index >= 15 is 0 Å². The summed E-state index contributed by atoms with van der Waals surface area (Å²) in [5, 5.41) is 1.15. The number of nitrogens with one attached hydrogen (secondary N) is 1. The zero-order chi connectivity index (χ0) is 17.9. The summed E-state index contributed by atoms with van der Waals surface area (Å²) in [6.07, 6.45) is 4.03. The Morgan fingerprint density at radius 2 is 2.12 bits per heavy atom. The van der Waals surface area contributed by atoms with Gasteiger partial charge < -0.3 is 9.47 Å². The molecule has 5 nitrogen and oxygen atoms in total. The average Bonchev–Trinajstić information content (AvgIpc) is 3.00. The Morgan fingerprint density at radius 1 is 1.32 bits per heavy atom. The predicted molar refractivity (Wildman–Crippen MR) is 98.8 cm³/mol. The van der Waals surface area contributed by atoms with Crippen LogP contribution in [0, 0.1) is 0 Å². The highest BCUT2D eigenvalue weighted by molar-refractivity contribution is 7.89. The smallest absolute Gasteiger partial charge is 0.214 e. The minimum atomic E-state index is -3.42. The van der Waals surface area contributed by atoms with E-state index in [2.05, 4.69) is 4.72 Å². The zero-order valence-corrected chi connectivity index (χ0v) is 16.3. The highest BCUT2D eigenvalue weighted by Gasteiger charge is 2.40. The van der Waals surface area contributed by atoms with E-state index < -0.39 is 15.6 Å². The van der Waals surface area contributed by atoms with Crippen molar-refractivity contribution in [1.29, 1.82) is 0 Å². The maximum Gasteiger partial charge on any atom is 0.214 e. The summed E-state index contributed by atoms with van der Waals surface area (Å²) in [7, 11) is -3.42. The van der Waals surface area contributed by atoms with Gasteiger partial charge in [-0.25, -0.2) is 13.1 Å². The first-order chi connectivity index (χ1) is 11.9. The van der Waals surface area contributed by atoms with Gasteiger partial charge in [-0.3, -0.25) is 0 Å². The second-order valence-electron chi connectivity index (χ2n) is 6.82. The molecule has 1 atom stereocenters. The molecule has 1 saturated carbocycles. The molecule has 1 aromatic carbocycles. The molecule has 8 heteroatoms. The Bertz CT molecular complexity index is 701. The summed E-state index contributed by atoms with van der Waals surface area (Å²) >= 11 is 12.2. The summed E-state index contributed by atoms with van der Waals surface area (Å²) in [5.41, 5.74) is 0.458. The van der Waals surface area contributed by atoms with Crippen LogP contribution in [0.4, 0.5) is 0 Å². The molecule has 1 unspecified atom stereocenters. The summed E-state index contributed by atoms with van der Waals surface area (Å²) in [4.78, 5) is 0. The molecule has 1 heterocycles. The van der Waals surface area contributed by atoms with E-state index in [9.17, 15) is 8.42 Å². The van der Waals surface area contributed by atoms with Gasteiger partial charge in [0.1, 0.15) is 0 Å². The SMILES string of the molecule is O=S(=O)(CCOC1CCOC1)NC1(Cc2ccc(Cl)cc2Cl)CCC1. The zero-order valence-electron chi connectivity index (χ0n) is 14.0. The highest BCUT2D eigenvalue weighted by Crippen LogP contribution is 2.37. The van der Waals surface area contributed by atoms with Crippen LogP contribution < -0.4 is 4.72 Å². The van der Waals surface area contributed by atoms with Crippen LogP contribution in [-0.4, -0.2) is 45.6 Å². The first kappa shape index (κ1) is 19.4. The molecule has 1 N–H and O–H groups in total. The third kappa shape index (κ3) is 5.31. The number of hydrogen-bond donors (Lipinski definition) is 1. The monoisotopic (exact) mass is 407 g/mol. The molecule has 1 aliphatic heterocycles. The third-order valence-electron chi connectivity index (χ3n) is 4.82. The highest BCUT2D eigenvalue weighted by atomic mass is 35.5. The minimum absolute atomic E-state index is 0.0146. The molecule has 140 valence electrons. The molecule has 0 spiro atoms. The van der Waals surface area contributed by atoms with E-state index in [1.807, 2.05) is 6.07 Å². The quantitative estimate of drug-likeness (QED) is 0.718. The first-order valence-electron chi connectivity index (χ1n) is 8.52. The van der Waals surface area contributed by atoms with E-state index in [4.69, 9.17) is 32.7 Å². The van der Waals surface area contributed by atoms with Crippen LogP contribution >= 0.6 is 23.2 Å². The Labute approximate surface area is 159 Å². The Kier molecular flexibility index (Phi) is 6.29. The van der Waals surface area contributed by atoms with Gasteiger partial charge in [-0.1, -0.05) is 29.3 Å². The van der Waals surface area contributed by atoms with Gasteiger partial charge in [-0.2, -0.15) is 0 Å². The van der Waals surface area contributed by atoms with Crippen molar-refractivity contribution in [3.63, 3.8) is 0 Å². The maximum absolute atomic E-state index is 12.5. The van der Waals surface area contributed by atoms with Crippen LogP contribution in [0.1, 0.15) is 31.2 Å². The van der Waals surface area contributed by atoms with Crippen molar-refractivity contribution in [2.45, 2.75) is 43.7 Å². The van der Waals surface area contributed by atoms with Gasteiger partial charge in [0, 0.05) is 22.2 Å². The summed E-state index contributed by atoms with van der Waals surface area (Å²) in [6.45, 7) is 1.41. The number of benzene rings is 1. The third-order valence-corrected chi connectivity index (χ3v) is 6.86. The molecular weight excluding hydrogens is 385 g/mol. The number of sulfonamides is 1. The number of rotatable bonds is 8. The average molecular weight is 408 g/mol. The van der Waals surface area contributed by atoms with Gasteiger partial charge in [0.2, 0.25) is 10.0 Å². The van der Waals surface area contributed by atoms with Crippen LogP contribution in [-0.2, 0) is 25.9 Å². The molecule has 25 heavy (non-hydrogen) atoms. The van der Waals surface area contributed by atoms with Gasteiger partial charge >= 0.3 is 0 Å². The normalized spacial score (nSPS) is 22.7. The fourth-order valence-electron chi connectivity index (χ4n) is 3.30. The largest absolute Gasteiger partial charge is 0.379 e. The molecule has 0 amide bonds. The Morgan fingerprint density at radius 3 is 2.72 bits per heavy atom. The van der Waals surface area contributed by atoms with E-state index in [1.54, 1.807) is 12.1 Å². The van der Waals surface area contributed by atoms with Crippen LogP contribution in [0.2, 0.25) is 10.0 Å². The molecule has 3 rings (SSSR count). The lowest BCUT2D eigenvalue weighted by atomic mass is 9.74. The molecule has 2 aliphatic rings. The van der Waals surface area contributed by atoms with Crippen LogP contribution in [0.5, 0.6) is 0 Å². The van der Waals surface area contributed by atoms with Crippen LogP contribution in [0.25, 0.3) is 0 Å². The van der Waals surface area contributed by atoms with E-state index in [1.165, 1.54) is 0 Å². The molecule has 0 radical (unpaired) electrons. The molecule has 1 aromatic rings. The molecule has 1 saturated heterocycles. The van der Waals surface area contributed by atoms with Gasteiger partial charge in [0.15, 0.2) is 0 Å². The number of ether oxygens (including phenoxy) is 2. The molecule has 2 fully saturated rings. The van der Waals surface area contributed by atoms with Gasteiger partial charge in [0.05, 0.1) is 25.1 Å². The molecule has 0 bridgehead atoms. The second kappa shape index (κ2) is 8.11. The van der Waals surface area contributed by atoms with Gasteiger partial charge in [-0.15, -0.1) is 0 Å². The number of halogens is 2. The topological polar surface area (TPSA) is 64.6 Å². The lowest BCUT2D eigenvalue weighted by Gasteiger charge is -2.42. The first-order valence-corrected chi connectivity index (χ1v) is 10.9. The van der Waals surface area contributed by atoms with Crippen molar-refractivity contribution in [2.24, 2.45) is 0 Å².